The molecular weight excluding hydrogens is 220 g/mol. The number of ether oxygens (including phenoxy) is 1. The van der Waals surface area contributed by atoms with Crippen molar-refractivity contribution >= 4 is 16.3 Å². The summed E-state index contributed by atoms with van der Waals surface area (Å²) in [6, 6.07) is 0. The van der Waals surface area contributed by atoms with E-state index in [2.05, 4.69) is 0 Å². The van der Waals surface area contributed by atoms with Crippen LogP contribution in [0.3, 0.4) is 0 Å². The van der Waals surface area contributed by atoms with Gasteiger partial charge in [-0.2, -0.15) is 12.7 Å². The van der Waals surface area contributed by atoms with Gasteiger partial charge in [0.2, 0.25) is 0 Å². The topological polar surface area (TPSA) is 75.7 Å². The van der Waals surface area contributed by atoms with E-state index >= 15 is 0 Å². The molecule has 0 atom stereocenters. The number of carbonyl (C=O) groups is 1. The van der Waals surface area contributed by atoms with E-state index in [0.29, 0.717) is 13.1 Å². The first-order valence-corrected chi connectivity index (χ1v) is 6.15. The third-order valence-corrected chi connectivity index (χ3v) is 3.24. The molecule has 1 heterocycles. The summed E-state index contributed by atoms with van der Waals surface area (Å²) in [6.07, 6.45) is -0.107. The quantitative estimate of drug-likeness (QED) is 0.755. The standard InChI is InChI=1S/C8H16N2O4S/c1-8(2,3)14-7(11)9-15(12,13)10-5-4-6-10/h4-6H2,1-3H3,(H,9,11). The first-order chi connectivity index (χ1) is 6.71. The van der Waals surface area contributed by atoms with E-state index in [1.165, 1.54) is 4.31 Å². The number of rotatable bonds is 2. The van der Waals surface area contributed by atoms with Crippen molar-refractivity contribution in [2.75, 3.05) is 13.1 Å². The van der Waals surface area contributed by atoms with Crippen LogP contribution in [0.1, 0.15) is 27.2 Å². The van der Waals surface area contributed by atoms with E-state index in [9.17, 15) is 13.2 Å². The summed E-state index contributed by atoms with van der Waals surface area (Å²) in [4.78, 5) is 11.2. The molecule has 0 aromatic carbocycles. The molecule has 0 unspecified atom stereocenters. The molecule has 1 fully saturated rings. The zero-order valence-electron chi connectivity index (χ0n) is 9.11. The van der Waals surface area contributed by atoms with Crippen molar-refractivity contribution in [2.45, 2.75) is 32.8 Å². The highest BCUT2D eigenvalue weighted by molar-refractivity contribution is 7.87. The summed E-state index contributed by atoms with van der Waals surface area (Å²) >= 11 is 0. The molecule has 1 saturated heterocycles. The fraction of sp³-hybridized carbons (Fsp3) is 0.875. The van der Waals surface area contributed by atoms with Crippen LogP contribution in [-0.4, -0.2) is 37.5 Å². The Kier molecular flexibility index (Phi) is 3.25. The lowest BCUT2D eigenvalue weighted by molar-refractivity contribution is 0.0565. The Morgan fingerprint density at radius 1 is 1.33 bits per heavy atom. The summed E-state index contributed by atoms with van der Waals surface area (Å²) < 4.78 is 30.7. The number of amides is 1. The van der Waals surface area contributed by atoms with E-state index in [4.69, 9.17) is 4.74 Å². The van der Waals surface area contributed by atoms with Crippen LogP contribution in [0.2, 0.25) is 0 Å². The maximum absolute atomic E-state index is 11.4. The first-order valence-electron chi connectivity index (χ1n) is 4.71. The molecule has 15 heavy (non-hydrogen) atoms. The Labute approximate surface area is 89.8 Å². The Balaban J connectivity index is 2.50. The normalized spacial score (nSPS) is 18.1. The third-order valence-electron chi connectivity index (χ3n) is 1.77. The molecule has 0 aromatic rings. The highest BCUT2D eigenvalue weighted by Gasteiger charge is 2.30. The Hall–Kier alpha value is -0.820. The zero-order valence-corrected chi connectivity index (χ0v) is 9.93. The van der Waals surface area contributed by atoms with Gasteiger partial charge in [0.15, 0.2) is 0 Å². The molecule has 0 spiro atoms. The summed E-state index contributed by atoms with van der Waals surface area (Å²) in [6.45, 7) is 5.92. The minimum Gasteiger partial charge on any atom is -0.443 e. The highest BCUT2D eigenvalue weighted by atomic mass is 32.2. The van der Waals surface area contributed by atoms with Crippen LogP contribution in [-0.2, 0) is 14.9 Å². The Morgan fingerprint density at radius 2 is 1.87 bits per heavy atom. The van der Waals surface area contributed by atoms with Gasteiger partial charge in [-0.05, 0) is 27.2 Å². The molecule has 0 radical (unpaired) electrons. The van der Waals surface area contributed by atoms with Gasteiger partial charge < -0.3 is 4.74 Å². The van der Waals surface area contributed by atoms with Crippen molar-refractivity contribution in [1.29, 1.82) is 0 Å². The van der Waals surface area contributed by atoms with E-state index in [-0.39, 0.29) is 0 Å². The third kappa shape index (κ3) is 3.67. The number of hydrogen-bond acceptors (Lipinski definition) is 4. The second kappa shape index (κ2) is 3.97. The van der Waals surface area contributed by atoms with E-state index in [1.807, 2.05) is 4.72 Å². The molecule has 1 aliphatic rings. The van der Waals surface area contributed by atoms with Crippen LogP contribution in [0, 0.1) is 0 Å². The van der Waals surface area contributed by atoms with Gasteiger partial charge in [0, 0.05) is 13.1 Å². The monoisotopic (exact) mass is 236 g/mol. The number of nitrogens with zero attached hydrogens (tertiary/aromatic N) is 1. The second-order valence-corrected chi connectivity index (χ2v) is 6.03. The minimum atomic E-state index is -3.69. The van der Waals surface area contributed by atoms with Crippen molar-refractivity contribution < 1.29 is 17.9 Å². The lowest BCUT2D eigenvalue weighted by Crippen LogP contribution is -2.50. The summed E-state index contributed by atoms with van der Waals surface area (Å²) in [5, 5.41) is 0. The molecule has 7 heteroatoms. The van der Waals surface area contributed by atoms with E-state index < -0.39 is 21.9 Å². The largest absolute Gasteiger partial charge is 0.443 e. The predicted octanol–water partition coefficient (Wildman–Crippen LogP) is 0.462. The van der Waals surface area contributed by atoms with Crippen molar-refractivity contribution in [1.82, 2.24) is 9.03 Å². The van der Waals surface area contributed by atoms with Crippen LogP contribution in [0.4, 0.5) is 4.79 Å². The molecular formula is C8H16N2O4S. The van der Waals surface area contributed by atoms with Crippen molar-refractivity contribution in [2.24, 2.45) is 0 Å². The van der Waals surface area contributed by atoms with Crippen LogP contribution < -0.4 is 4.72 Å². The number of hydrogen-bond donors (Lipinski definition) is 1. The Bertz CT molecular complexity index is 340. The molecule has 6 nitrogen and oxygen atoms in total. The average Bonchev–Trinajstić information content (AvgIpc) is 1.71. The summed E-state index contributed by atoms with van der Waals surface area (Å²) in [5.41, 5.74) is -0.700. The highest BCUT2D eigenvalue weighted by Crippen LogP contribution is 2.12. The maximum atomic E-state index is 11.4. The molecule has 0 aliphatic carbocycles. The van der Waals surface area contributed by atoms with Gasteiger partial charge in [-0.1, -0.05) is 0 Å². The van der Waals surface area contributed by atoms with Crippen LogP contribution in [0.5, 0.6) is 0 Å². The van der Waals surface area contributed by atoms with Crippen LogP contribution >= 0.6 is 0 Å². The van der Waals surface area contributed by atoms with Gasteiger partial charge in [-0.3, -0.25) is 0 Å². The van der Waals surface area contributed by atoms with Gasteiger partial charge in [-0.25, -0.2) is 9.52 Å². The second-order valence-electron chi connectivity index (χ2n) is 4.36. The number of carbonyl (C=O) groups excluding carboxylic acids is 1. The van der Waals surface area contributed by atoms with Crippen molar-refractivity contribution in [3.05, 3.63) is 0 Å². The molecule has 1 rings (SSSR count). The van der Waals surface area contributed by atoms with Crippen LogP contribution in [0.25, 0.3) is 0 Å². The van der Waals surface area contributed by atoms with Crippen molar-refractivity contribution in [3.63, 3.8) is 0 Å². The zero-order chi connectivity index (χ0) is 11.7. The van der Waals surface area contributed by atoms with Crippen LogP contribution in [0.15, 0.2) is 0 Å². The maximum Gasteiger partial charge on any atom is 0.422 e. The van der Waals surface area contributed by atoms with E-state index in [0.717, 1.165) is 6.42 Å². The molecule has 0 bridgehead atoms. The fourth-order valence-electron chi connectivity index (χ4n) is 0.996. The first kappa shape index (κ1) is 12.3. The number of nitrogens with one attached hydrogen (secondary N) is 1. The van der Waals surface area contributed by atoms with E-state index in [1.54, 1.807) is 20.8 Å². The fourth-order valence-corrected chi connectivity index (χ4v) is 2.12. The lowest BCUT2D eigenvalue weighted by atomic mass is 10.2. The molecule has 0 saturated carbocycles. The van der Waals surface area contributed by atoms with Gasteiger partial charge in [0.05, 0.1) is 0 Å². The SMILES string of the molecule is CC(C)(C)OC(=O)NS(=O)(=O)N1CCC1. The van der Waals surface area contributed by atoms with Gasteiger partial charge in [0.25, 0.3) is 0 Å². The van der Waals surface area contributed by atoms with Gasteiger partial charge in [-0.15, -0.1) is 0 Å². The smallest absolute Gasteiger partial charge is 0.422 e. The minimum absolute atomic E-state index is 0.456. The molecule has 1 N–H and O–H groups in total. The predicted molar refractivity (Wildman–Crippen MR) is 54.5 cm³/mol. The Morgan fingerprint density at radius 3 is 2.20 bits per heavy atom. The average molecular weight is 236 g/mol. The van der Waals surface area contributed by atoms with Crippen molar-refractivity contribution in [3.8, 4) is 0 Å². The summed E-state index contributed by atoms with van der Waals surface area (Å²) in [5.74, 6) is 0. The molecule has 0 aromatic heterocycles. The lowest BCUT2D eigenvalue weighted by Gasteiger charge is -2.29. The summed E-state index contributed by atoms with van der Waals surface area (Å²) in [7, 11) is -3.69. The molecule has 1 aliphatic heterocycles. The molecule has 88 valence electrons. The molecule has 1 amide bonds. The van der Waals surface area contributed by atoms with Gasteiger partial charge >= 0.3 is 16.3 Å². The van der Waals surface area contributed by atoms with Gasteiger partial charge in [0.1, 0.15) is 5.60 Å².